The summed E-state index contributed by atoms with van der Waals surface area (Å²) < 4.78 is 32.6. The molecule has 0 saturated heterocycles. The fourth-order valence-electron chi connectivity index (χ4n) is 4.82. The van der Waals surface area contributed by atoms with Gasteiger partial charge < -0.3 is 15.0 Å². The Kier molecular flexibility index (Phi) is 13.3. The van der Waals surface area contributed by atoms with Crippen LogP contribution in [0.25, 0.3) is 0 Å². The lowest BCUT2D eigenvalue weighted by Crippen LogP contribution is -2.50. The highest BCUT2D eigenvalue weighted by molar-refractivity contribution is 7.92. The largest absolute Gasteiger partial charge is 0.492 e. The number of nitrogens with one attached hydrogen (secondary N) is 1. The SMILES string of the molecule is CCCCNC(=O)C(Cc1ccccc1)N(Cc1cccc(Cl)c1)C(=O)CCCN(c1ccccc1OCC)S(C)(=O)=O. The second-order valence-electron chi connectivity index (χ2n) is 10.3. The molecular weight excluding hydrogens is 586 g/mol. The summed E-state index contributed by atoms with van der Waals surface area (Å²) in [5.74, 6) is -0.0230. The van der Waals surface area contributed by atoms with Gasteiger partial charge in [-0.1, -0.05) is 79.5 Å². The van der Waals surface area contributed by atoms with Crippen molar-refractivity contribution in [3.63, 3.8) is 0 Å². The number of benzene rings is 3. The monoisotopic (exact) mass is 627 g/mol. The highest BCUT2D eigenvalue weighted by atomic mass is 35.5. The molecule has 0 aromatic heterocycles. The van der Waals surface area contributed by atoms with E-state index in [-0.39, 0.29) is 37.7 Å². The zero-order valence-corrected chi connectivity index (χ0v) is 26.7. The molecule has 2 amide bonds. The summed E-state index contributed by atoms with van der Waals surface area (Å²) in [6, 6.07) is 23.0. The first-order valence-electron chi connectivity index (χ1n) is 14.7. The molecule has 0 aliphatic carbocycles. The molecular formula is C33H42ClN3O5S. The number of anilines is 1. The average molecular weight is 628 g/mol. The van der Waals surface area contributed by atoms with E-state index in [9.17, 15) is 18.0 Å². The van der Waals surface area contributed by atoms with Crippen molar-refractivity contribution in [2.75, 3.05) is 30.3 Å². The minimum absolute atomic E-state index is 0.0386. The number of unbranched alkanes of at least 4 members (excludes halogenated alkanes) is 1. The minimum atomic E-state index is -3.66. The Bertz CT molecular complexity index is 1440. The topological polar surface area (TPSA) is 96.0 Å². The van der Waals surface area contributed by atoms with Crippen molar-refractivity contribution in [3.8, 4) is 5.75 Å². The smallest absolute Gasteiger partial charge is 0.243 e. The van der Waals surface area contributed by atoms with Crippen LogP contribution in [-0.2, 0) is 32.6 Å². The van der Waals surface area contributed by atoms with Crippen LogP contribution in [0.5, 0.6) is 5.75 Å². The second kappa shape index (κ2) is 16.9. The van der Waals surface area contributed by atoms with E-state index in [4.69, 9.17) is 16.3 Å². The van der Waals surface area contributed by atoms with Crippen molar-refractivity contribution >= 4 is 39.1 Å². The lowest BCUT2D eigenvalue weighted by molar-refractivity contribution is -0.141. The summed E-state index contributed by atoms with van der Waals surface area (Å²) in [5, 5.41) is 3.55. The molecule has 10 heteroatoms. The Hall–Kier alpha value is -3.56. The number of ether oxygens (including phenoxy) is 1. The van der Waals surface area contributed by atoms with Crippen LogP contribution in [0.4, 0.5) is 5.69 Å². The van der Waals surface area contributed by atoms with Crippen LogP contribution in [0.2, 0.25) is 5.02 Å². The number of carbonyl (C=O) groups is 2. The molecule has 1 unspecified atom stereocenters. The van der Waals surface area contributed by atoms with E-state index in [2.05, 4.69) is 12.2 Å². The standard InChI is InChI=1S/C33H42ClN3O5S/c1-4-6-21-35-33(39)30(24-26-14-8-7-9-15-26)36(25-27-16-12-17-28(34)23-27)32(38)20-13-22-37(43(3,40)41)29-18-10-11-19-31(29)42-5-2/h7-12,14-19,23,30H,4-6,13,20-22,24-25H2,1-3H3,(H,35,39). The normalized spacial score (nSPS) is 11.9. The molecule has 8 nitrogen and oxygen atoms in total. The molecule has 43 heavy (non-hydrogen) atoms. The lowest BCUT2D eigenvalue weighted by Gasteiger charge is -2.32. The Labute approximate surface area is 261 Å². The van der Waals surface area contributed by atoms with Crippen LogP contribution < -0.4 is 14.4 Å². The zero-order valence-electron chi connectivity index (χ0n) is 25.2. The summed E-state index contributed by atoms with van der Waals surface area (Å²) in [4.78, 5) is 29.1. The third-order valence-electron chi connectivity index (χ3n) is 6.93. The molecule has 3 aromatic carbocycles. The van der Waals surface area contributed by atoms with Crippen molar-refractivity contribution in [1.82, 2.24) is 10.2 Å². The molecule has 232 valence electrons. The average Bonchev–Trinajstić information content (AvgIpc) is 2.97. The summed E-state index contributed by atoms with van der Waals surface area (Å²) in [6.07, 6.45) is 3.52. The number of para-hydroxylation sites is 2. The molecule has 0 radical (unpaired) electrons. The van der Waals surface area contributed by atoms with Crippen molar-refractivity contribution < 1.29 is 22.7 Å². The van der Waals surface area contributed by atoms with Crippen LogP contribution in [0.3, 0.4) is 0 Å². The van der Waals surface area contributed by atoms with Crippen LogP contribution in [0.1, 0.15) is 50.7 Å². The van der Waals surface area contributed by atoms with Gasteiger partial charge in [0.1, 0.15) is 11.8 Å². The van der Waals surface area contributed by atoms with Crippen LogP contribution in [0.15, 0.2) is 78.9 Å². The maximum atomic E-state index is 14.0. The van der Waals surface area contributed by atoms with Crippen LogP contribution in [0, 0.1) is 0 Å². The molecule has 0 bridgehead atoms. The van der Waals surface area contributed by atoms with Gasteiger partial charge in [-0.3, -0.25) is 13.9 Å². The Balaban J connectivity index is 1.89. The van der Waals surface area contributed by atoms with E-state index in [1.807, 2.05) is 49.4 Å². The third-order valence-corrected chi connectivity index (χ3v) is 8.34. The Morgan fingerprint density at radius 3 is 2.30 bits per heavy atom. The molecule has 0 aliphatic rings. The highest BCUT2D eigenvalue weighted by Crippen LogP contribution is 2.30. The molecule has 0 aliphatic heterocycles. The first-order chi connectivity index (χ1) is 20.6. The summed E-state index contributed by atoms with van der Waals surface area (Å²) in [6.45, 7) is 5.04. The molecule has 0 spiro atoms. The first kappa shape index (κ1) is 33.9. The van der Waals surface area contributed by atoms with Gasteiger partial charge in [0.25, 0.3) is 0 Å². The number of nitrogens with zero attached hydrogens (tertiary/aromatic N) is 2. The van der Waals surface area contributed by atoms with Gasteiger partial charge in [0.05, 0.1) is 18.6 Å². The molecule has 1 N–H and O–H groups in total. The molecule has 1 atom stereocenters. The van der Waals surface area contributed by atoms with E-state index < -0.39 is 16.1 Å². The van der Waals surface area contributed by atoms with E-state index >= 15 is 0 Å². The molecule has 0 heterocycles. The van der Waals surface area contributed by atoms with Gasteiger partial charge in [-0.05, 0) is 55.2 Å². The van der Waals surface area contributed by atoms with Crippen LogP contribution in [-0.4, -0.2) is 57.1 Å². The quantitative estimate of drug-likeness (QED) is 0.190. The van der Waals surface area contributed by atoms with Gasteiger partial charge in [0, 0.05) is 37.5 Å². The van der Waals surface area contributed by atoms with Crippen molar-refractivity contribution in [2.45, 2.75) is 58.5 Å². The summed E-state index contributed by atoms with van der Waals surface area (Å²) >= 11 is 6.26. The molecule has 3 rings (SSSR count). The van der Waals surface area contributed by atoms with E-state index in [0.29, 0.717) is 36.0 Å². The molecule has 0 fully saturated rings. The van der Waals surface area contributed by atoms with Crippen molar-refractivity contribution in [2.24, 2.45) is 0 Å². The van der Waals surface area contributed by atoms with Gasteiger partial charge in [0.2, 0.25) is 21.8 Å². The molecule has 0 saturated carbocycles. The number of hydrogen-bond donors (Lipinski definition) is 1. The Morgan fingerprint density at radius 2 is 1.63 bits per heavy atom. The fourth-order valence-corrected chi connectivity index (χ4v) is 6.00. The van der Waals surface area contributed by atoms with E-state index in [0.717, 1.165) is 30.2 Å². The van der Waals surface area contributed by atoms with Gasteiger partial charge in [0.15, 0.2) is 0 Å². The van der Waals surface area contributed by atoms with E-state index in [1.54, 1.807) is 41.3 Å². The second-order valence-corrected chi connectivity index (χ2v) is 12.7. The lowest BCUT2D eigenvalue weighted by atomic mass is 10.0. The maximum absolute atomic E-state index is 14.0. The molecule has 3 aromatic rings. The maximum Gasteiger partial charge on any atom is 0.243 e. The number of rotatable bonds is 17. The number of sulfonamides is 1. The predicted octanol–water partition coefficient (Wildman–Crippen LogP) is 5.84. The van der Waals surface area contributed by atoms with Gasteiger partial charge in [-0.15, -0.1) is 0 Å². The van der Waals surface area contributed by atoms with Crippen molar-refractivity contribution in [3.05, 3.63) is 95.0 Å². The number of amides is 2. The predicted molar refractivity (Wildman–Crippen MR) is 173 cm³/mol. The van der Waals surface area contributed by atoms with Crippen molar-refractivity contribution in [1.29, 1.82) is 0 Å². The first-order valence-corrected chi connectivity index (χ1v) is 16.9. The zero-order chi connectivity index (χ0) is 31.2. The summed E-state index contributed by atoms with van der Waals surface area (Å²) in [7, 11) is -3.66. The summed E-state index contributed by atoms with van der Waals surface area (Å²) in [5.41, 5.74) is 2.15. The number of halogens is 1. The fraction of sp³-hybridized carbons (Fsp3) is 0.394. The van der Waals surface area contributed by atoms with Gasteiger partial charge in [-0.25, -0.2) is 8.42 Å². The van der Waals surface area contributed by atoms with Gasteiger partial charge >= 0.3 is 0 Å². The highest BCUT2D eigenvalue weighted by Gasteiger charge is 2.30. The third kappa shape index (κ3) is 10.6. The van der Waals surface area contributed by atoms with Crippen LogP contribution >= 0.6 is 11.6 Å². The van der Waals surface area contributed by atoms with Gasteiger partial charge in [-0.2, -0.15) is 0 Å². The number of hydrogen-bond acceptors (Lipinski definition) is 5. The Morgan fingerprint density at radius 1 is 0.930 bits per heavy atom. The van der Waals surface area contributed by atoms with E-state index in [1.165, 1.54) is 4.31 Å². The number of carbonyl (C=O) groups excluding carboxylic acids is 2. The minimum Gasteiger partial charge on any atom is -0.492 e.